The second-order valence-corrected chi connectivity index (χ2v) is 8.79. The maximum Gasteiger partial charge on any atom is 0.416 e. The van der Waals surface area contributed by atoms with Crippen molar-refractivity contribution in [3.8, 4) is 11.1 Å². The molecule has 2 aromatic carbocycles. The monoisotopic (exact) mass is 455 g/mol. The highest BCUT2D eigenvalue weighted by atomic mass is 19.4. The smallest absolute Gasteiger partial charge is 0.416 e. The van der Waals surface area contributed by atoms with E-state index in [1.54, 1.807) is 12.1 Å². The van der Waals surface area contributed by atoms with E-state index in [-0.39, 0.29) is 18.4 Å². The van der Waals surface area contributed by atoms with E-state index in [9.17, 15) is 23.1 Å². The number of nitrogens with zero attached hydrogens (tertiary/aromatic N) is 1. The van der Waals surface area contributed by atoms with Gasteiger partial charge in [-0.15, -0.1) is 0 Å². The van der Waals surface area contributed by atoms with Crippen LogP contribution < -0.4 is 0 Å². The summed E-state index contributed by atoms with van der Waals surface area (Å²) in [4.78, 5) is 11.6. The van der Waals surface area contributed by atoms with Crippen LogP contribution in [0, 0.1) is 0 Å². The van der Waals surface area contributed by atoms with Crippen LogP contribution in [0.5, 0.6) is 0 Å². The van der Waals surface area contributed by atoms with E-state index in [0.717, 1.165) is 66.6 Å². The Labute approximate surface area is 191 Å². The zero-order valence-corrected chi connectivity index (χ0v) is 18.6. The standard InChI is InChI=1S/C27H28F3NO2/c1-2-7-24(19-12-14-21(15-13-19)27(28,29)30)31-17-23(18-8-4-3-5-9-18)22-11-6-10-20(26(22)31)16-25(32)33/h3-5,8-9,12-15,17,20,24H,2,6-7,10-11,16H2,1H3,(H,32,33). The van der Waals surface area contributed by atoms with E-state index in [0.29, 0.717) is 0 Å². The third-order valence-corrected chi connectivity index (χ3v) is 6.57. The van der Waals surface area contributed by atoms with E-state index >= 15 is 0 Å². The molecular formula is C27H28F3NO2. The Morgan fingerprint density at radius 1 is 1.12 bits per heavy atom. The summed E-state index contributed by atoms with van der Waals surface area (Å²) in [7, 11) is 0. The fourth-order valence-electron chi connectivity index (χ4n) is 5.13. The number of benzene rings is 2. The van der Waals surface area contributed by atoms with Crippen LogP contribution in [0.15, 0.2) is 60.8 Å². The van der Waals surface area contributed by atoms with Gasteiger partial charge in [0.1, 0.15) is 0 Å². The lowest BCUT2D eigenvalue weighted by Crippen LogP contribution is -2.20. The van der Waals surface area contributed by atoms with E-state index in [2.05, 4.69) is 17.7 Å². The Morgan fingerprint density at radius 3 is 2.42 bits per heavy atom. The average Bonchev–Trinajstić information content (AvgIpc) is 3.18. The average molecular weight is 456 g/mol. The van der Waals surface area contributed by atoms with Crippen LogP contribution in [0.1, 0.15) is 73.4 Å². The number of rotatable bonds is 7. The first-order valence-electron chi connectivity index (χ1n) is 11.5. The van der Waals surface area contributed by atoms with E-state index < -0.39 is 17.7 Å². The molecule has 0 spiro atoms. The normalized spacial score (nSPS) is 16.9. The maximum atomic E-state index is 13.1. The molecule has 1 heterocycles. The minimum atomic E-state index is -4.38. The van der Waals surface area contributed by atoms with E-state index in [1.807, 2.05) is 30.3 Å². The van der Waals surface area contributed by atoms with Crippen molar-refractivity contribution in [3.63, 3.8) is 0 Å². The lowest BCUT2D eigenvalue weighted by atomic mass is 9.83. The molecule has 0 radical (unpaired) electrons. The number of fused-ring (bicyclic) bond motifs is 1. The molecule has 2 atom stereocenters. The van der Waals surface area contributed by atoms with Gasteiger partial charge in [-0.05, 0) is 54.5 Å². The SMILES string of the molecule is CCCC(c1ccc(C(F)(F)F)cc1)n1cc(-c2ccccc2)c2c1C(CC(=O)O)CCC2. The zero-order valence-electron chi connectivity index (χ0n) is 18.6. The topological polar surface area (TPSA) is 42.2 Å². The minimum Gasteiger partial charge on any atom is -0.481 e. The number of halogens is 3. The van der Waals surface area contributed by atoms with Crippen LogP contribution in [-0.4, -0.2) is 15.6 Å². The molecule has 0 saturated carbocycles. The number of aliphatic carboxylic acids is 1. The van der Waals surface area contributed by atoms with Gasteiger partial charge < -0.3 is 9.67 Å². The Bertz CT molecular complexity index is 1100. The molecular weight excluding hydrogens is 427 g/mol. The van der Waals surface area contributed by atoms with Gasteiger partial charge in [0.25, 0.3) is 0 Å². The number of carbonyl (C=O) groups is 1. The highest BCUT2D eigenvalue weighted by Crippen LogP contribution is 2.44. The van der Waals surface area contributed by atoms with Crippen molar-refractivity contribution < 1.29 is 23.1 Å². The second-order valence-electron chi connectivity index (χ2n) is 8.79. The summed E-state index contributed by atoms with van der Waals surface area (Å²) >= 11 is 0. The van der Waals surface area contributed by atoms with Gasteiger partial charge in [0.05, 0.1) is 18.0 Å². The molecule has 33 heavy (non-hydrogen) atoms. The maximum absolute atomic E-state index is 13.1. The van der Waals surface area contributed by atoms with Crippen molar-refractivity contribution in [1.29, 1.82) is 0 Å². The predicted octanol–water partition coefficient (Wildman–Crippen LogP) is 7.46. The summed E-state index contributed by atoms with van der Waals surface area (Å²) in [5.74, 6) is -0.944. The second kappa shape index (κ2) is 9.46. The number of aromatic nitrogens is 1. The molecule has 0 aliphatic heterocycles. The van der Waals surface area contributed by atoms with Gasteiger partial charge in [-0.2, -0.15) is 13.2 Å². The Morgan fingerprint density at radius 2 is 1.82 bits per heavy atom. The van der Waals surface area contributed by atoms with Crippen molar-refractivity contribution >= 4 is 5.97 Å². The summed E-state index contributed by atoms with van der Waals surface area (Å²) in [5.41, 5.74) is 4.51. The molecule has 174 valence electrons. The molecule has 0 bridgehead atoms. The fraction of sp³-hybridized carbons (Fsp3) is 0.370. The largest absolute Gasteiger partial charge is 0.481 e. The van der Waals surface area contributed by atoms with Crippen LogP contribution in [0.2, 0.25) is 0 Å². The van der Waals surface area contributed by atoms with Crippen LogP contribution in [0.25, 0.3) is 11.1 Å². The molecule has 1 aromatic heterocycles. The number of hydrogen-bond acceptors (Lipinski definition) is 1. The van der Waals surface area contributed by atoms with Crippen LogP contribution in [0.3, 0.4) is 0 Å². The molecule has 1 aliphatic rings. The lowest BCUT2D eigenvalue weighted by Gasteiger charge is -2.29. The van der Waals surface area contributed by atoms with E-state index in [4.69, 9.17) is 0 Å². The fourth-order valence-corrected chi connectivity index (χ4v) is 5.13. The molecule has 0 fully saturated rings. The van der Waals surface area contributed by atoms with Gasteiger partial charge in [0.2, 0.25) is 0 Å². The molecule has 1 N–H and O–H groups in total. The zero-order chi connectivity index (χ0) is 23.6. The highest BCUT2D eigenvalue weighted by molar-refractivity contribution is 5.72. The lowest BCUT2D eigenvalue weighted by molar-refractivity contribution is -0.138. The van der Waals surface area contributed by atoms with Gasteiger partial charge in [0, 0.05) is 23.4 Å². The van der Waals surface area contributed by atoms with Crippen molar-refractivity contribution in [2.75, 3.05) is 0 Å². The molecule has 0 saturated heterocycles. The minimum absolute atomic E-state index is 0.0527. The summed E-state index contributed by atoms with van der Waals surface area (Å²) in [5, 5.41) is 9.56. The van der Waals surface area contributed by atoms with Gasteiger partial charge in [0.15, 0.2) is 0 Å². The number of carboxylic acids is 1. The Hall–Kier alpha value is -3.02. The first-order valence-corrected chi connectivity index (χ1v) is 11.5. The van der Waals surface area contributed by atoms with Gasteiger partial charge in [-0.25, -0.2) is 0 Å². The molecule has 4 rings (SSSR count). The number of hydrogen-bond donors (Lipinski definition) is 1. The summed E-state index contributed by atoms with van der Waals surface area (Å²) in [6.07, 6.45) is 1.96. The van der Waals surface area contributed by atoms with Gasteiger partial charge in [-0.1, -0.05) is 55.8 Å². The van der Waals surface area contributed by atoms with Crippen LogP contribution in [0.4, 0.5) is 13.2 Å². The molecule has 1 aliphatic carbocycles. The van der Waals surface area contributed by atoms with Gasteiger partial charge >= 0.3 is 12.1 Å². The molecule has 0 amide bonds. The first-order chi connectivity index (χ1) is 15.8. The van der Waals surface area contributed by atoms with Crippen LogP contribution in [-0.2, 0) is 17.4 Å². The summed E-state index contributed by atoms with van der Waals surface area (Å²) in [6, 6.07) is 15.3. The molecule has 2 unspecified atom stereocenters. The quantitative estimate of drug-likeness (QED) is 0.402. The van der Waals surface area contributed by atoms with Crippen molar-refractivity contribution in [2.45, 2.75) is 63.6 Å². The van der Waals surface area contributed by atoms with Crippen molar-refractivity contribution in [2.24, 2.45) is 0 Å². The molecule has 3 aromatic rings. The number of carboxylic acid groups (broad SMARTS) is 1. The highest BCUT2D eigenvalue weighted by Gasteiger charge is 2.33. The predicted molar refractivity (Wildman–Crippen MR) is 122 cm³/mol. The molecule has 6 heteroatoms. The van der Waals surface area contributed by atoms with Gasteiger partial charge in [-0.3, -0.25) is 4.79 Å². The molecule has 3 nitrogen and oxygen atoms in total. The third kappa shape index (κ3) is 4.85. The third-order valence-electron chi connectivity index (χ3n) is 6.57. The summed E-state index contributed by atoms with van der Waals surface area (Å²) in [6.45, 7) is 2.06. The van der Waals surface area contributed by atoms with Crippen LogP contribution >= 0.6 is 0 Å². The number of alkyl halides is 3. The Balaban J connectivity index is 1.86. The van der Waals surface area contributed by atoms with Crippen molar-refractivity contribution in [1.82, 2.24) is 4.57 Å². The van der Waals surface area contributed by atoms with E-state index in [1.165, 1.54) is 5.56 Å². The van der Waals surface area contributed by atoms with Crippen molar-refractivity contribution in [3.05, 3.63) is 83.2 Å². The Kier molecular flexibility index (Phi) is 6.63. The first kappa shape index (κ1) is 23.1. The summed E-state index contributed by atoms with van der Waals surface area (Å²) < 4.78 is 41.5.